The van der Waals surface area contributed by atoms with Gasteiger partial charge in [0.1, 0.15) is 0 Å². The van der Waals surface area contributed by atoms with E-state index < -0.39 is 10.2 Å². The summed E-state index contributed by atoms with van der Waals surface area (Å²) < 4.78 is 0. The molecule has 0 aromatic carbocycles. The van der Waals surface area contributed by atoms with E-state index in [0.717, 1.165) is 0 Å². The Labute approximate surface area is 129 Å². The molecule has 0 aliphatic carbocycles. The normalized spacial score (nSPS) is 4.80. The summed E-state index contributed by atoms with van der Waals surface area (Å²) in [6.07, 6.45) is 0. The molecule has 0 aromatic heterocycles. The summed E-state index contributed by atoms with van der Waals surface area (Å²) >= 11 is 0. The average molecular weight is 305 g/mol. The van der Waals surface area contributed by atoms with Gasteiger partial charge in [-0.05, 0) is 0 Å². The first-order chi connectivity index (χ1) is 3.46. The van der Waals surface area contributed by atoms with Crippen molar-refractivity contribution in [1.29, 1.82) is 0 Å². The Morgan fingerprint density at radius 3 is 0.900 bits per heavy atom. The van der Waals surface area contributed by atoms with Crippen LogP contribution in [0.3, 0.4) is 0 Å². The second-order valence-corrected chi connectivity index (χ2v) is 0.476. The van der Waals surface area contributed by atoms with Crippen LogP contribution < -0.4 is 0 Å². The van der Waals surface area contributed by atoms with Gasteiger partial charge in [0.15, 0.2) is 0 Å². The Balaban J connectivity index is -0.0000000300. The molecule has 0 aromatic rings. The molecule has 2 N–H and O–H groups in total. The number of hydrogen-bond donors (Lipinski definition) is 2. The van der Waals surface area contributed by atoms with Gasteiger partial charge in [-0.15, -0.1) is 20.2 Å². The second-order valence-electron chi connectivity index (χ2n) is 0.476. The minimum atomic E-state index is -1.50. The van der Waals surface area contributed by atoms with Crippen LogP contribution in [0.5, 0.6) is 0 Å². The molecule has 0 aliphatic heterocycles. The topological polar surface area (TPSA) is 127 Å². The van der Waals surface area contributed by atoms with Gasteiger partial charge in [0.2, 0.25) is 0 Å². The summed E-state index contributed by atoms with van der Waals surface area (Å²) in [6.45, 7) is 0. The number of rotatable bonds is 0. The Morgan fingerprint density at radius 1 is 0.900 bits per heavy atom. The van der Waals surface area contributed by atoms with Crippen LogP contribution in [0.15, 0.2) is 0 Å². The fraction of sp³-hybridized carbons (Fsp3) is 0. The van der Waals surface area contributed by atoms with Crippen molar-refractivity contribution in [2.24, 2.45) is 0 Å². The summed E-state index contributed by atoms with van der Waals surface area (Å²) in [5.41, 5.74) is 0. The van der Waals surface area contributed by atoms with Crippen LogP contribution >= 0.6 is 0 Å². The molecule has 0 amide bonds. The molecular weight excluding hydrogens is 299 g/mol. The maximum atomic E-state index is 8.36. The Hall–Kier alpha value is 1.36. The molecule has 0 fully saturated rings. The zero-order valence-corrected chi connectivity index (χ0v) is 3.42. The van der Waals surface area contributed by atoms with Crippen LogP contribution in [0.1, 0.15) is 0 Å². The molecule has 0 heterocycles. The average Bonchev–Trinajstić information content (AvgIpc) is 1.25. The van der Waals surface area contributed by atoms with E-state index in [9.17, 15) is 0 Å². The number of hydrogen-bond acceptors (Lipinski definition) is 4. The van der Waals surface area contributed by atoms with Gasteiger partial charge < -0.3 is 10.4 Å². The summed E-state index contributed by atoms with van der Waals surface area (Å²) in [7, 11) is 0. The van der Waals surface area contributed by atoms with Gasteiger partial charge in [0, 0.05) is 0 Å². The van der Waals surface area contributed by atoms with Crippen LogP contribution in [0.25, 0.3) is 0 Å². The van der Waals surface area contributed by atoms with Gasteiger partial charge in [-0.25, -0.2) is 0 Å². The van der Waals surface area contributed by atoms with E-state index in [4.69, 9.17) is 30.6 Å². The van der Waals surface area contributed by atoms with Crippen molar-refractivity contribution in [1.82, 2.24) is 0 Å². The van der Waals surface area contributed by atoms with E-state index in [1.165, 1.54) is 0 Å². The molecule has 0 radical (unpaired) electrons. The monoisotopic (exact) mass is 306 g/mol. The fourth-order valence-electron chi connectivity index (χ4n) is 0. The van der Waals surface area contributed by atoms with Crippen LogP contribution in [0.2, 0.25) is 0 Å². The molecule has 56 valence electrons. The third kappa shape index (κ3) is 353. The minimum absolute atomic E-state index is 0. The molecule has 10 heteroatoms. The predicted molar refractivity (Wildman–Crippen MR) is 34.6 cm³/mol. The molecule has 0 unspecified atom stereocenters. The molecule has 0 spiro atoms. The van der Waals surface area contributed by atoms with Gasteiger partial charge in [-0.3, -0.25) is 0 Å². The fourth-order valence-corrected chi connectivity index (χ4v) is 0. The van der Waals surface area contributed by atoms with Gasteiger partial charge in [-0.1, -0.05) is 0 Å². The van der Waals surface area contributed by atoms with E-state index in [1.54, 1.807) is 0 Å². The third-order valence-corrected chi connectivity index (χ3v) is 0. The molecule has 0 aliphatic rings. The van der Waals surface area contributed by atoms with E-state index >= 15 is 0 Å². The molecule has 0 bridgehead atoms. The summed E-state index contributed by atoms with van der Waals surface area (Å²) in [6, 6.07) is 0. The van der Waals surface area contributed by atoms with Gasteiger partial charge in [0.25, 0.3) is 10.2 Å². The molecule has 0 saturated heterocycles. The molecule has 0 rings (SSSR count). The van der Waals surface area contributed by atoms with Crippen molar-refractivity contribution >= 4 is 91.0 Å². The maximum absolute atomic E-state index is 8.36. The first-order valence-electron chi connectivity index (χ1n) is 1.13. The van der Waals surface area contributed by atoms with E-state index in [-0.39, 0.29) is 91.0 Å². The van der Waals surface area contributed by atoms with Crippen molar-refractivity contribution in [3.05, 3.63) is 20.2 Å². The molecule has 10 heavy (non-hydrogen) atoms. The molecule has 0 atom stereocenters. The van der Waals surface area contributed by atoms with E-state index in [1.807, 2.05) is 0 Å². The third-order valence-electron chi connectivity index (χ3n) is 0. The molecular formula is H6N2O6Sr2. The van der Waals surface area contributed by atoms with Crippen molar-refractivity contribution in [2.75, 3.05) is 0 Å². The zero-order chi connectivity index (χ0) is 7.15. The van der Waals surface area contributed by atoms with Crippen LogP contribution in [-0.4, -0.2) is 112 Å². The molecule has 0 saturated carbocycles. The first kappa shape index (κ1) is 22.5. The number of nitrogens with zero attached hydrogens (tertiary/aromatic N) is 2. The molecule has 8 nitrogen and oxygen atoms in total. The second kappa shape index (κ2) is 16.8. The van der Waals surface area contributed by atoms with E-state index in [2.05, 4.69) is 0 Å². The van der Waals surface area contributed by atoms with Crippen molar-refractivity contribution in [3.8, 4) is 0 Å². The van der Waals surface area contributed by atoms with Crippen molar-refractivity contribution in [3.63, 3.8) is 0 Å². The summed E-state index contributed by atoms with van der Waals surface area (Å²) in [4.78, 5) is 16.7. The van der Waals surface area contributed by atoms with Crippen molar-refractivity contribution < 1.29 is 20.6 Å². The Morgan fingerprint density at radius 2 is 0.900 bits per heavy atom. The van der Waals surface area contributed by atoms with Crippen molar-refractivity contribution in [2.45, 2.75) is 0 Å². The Bertz CT molecular complexity index is 71.7. The quantitative estimate of drug-likeness (QED) is 0.289. The SMILES string of the molecule is O=[N+]([O-])O.O=[N+]([O-])O.[SrH2].[SrH2]. The van der Waals surface area contributed by atoms with Gasteiger partial charge in [-0.2, -0.15) is 0 Å². The standard InChI is InChI=1S/2HNO3.2Sr.4H/c2*2-1(3)4;;;;;;/h2*(H,2,3,4);;;;;;. The van der Waals surface area contributed by atoms with Gasteiger partial charge in [0.05, 0.1) is 0 Å². The zero-order valence-electron chi connectivity index (χ0n) is 3.42. The Kier molecular flexibility index (Phi) is 37.7. The van der Waals surface area contributed by atoms with Crippen LogP contribution in [0.4, 0.5) is 0 Å². The van der Waals surface area contributed by atoms with Gasteiger partial charge >= 0.3 is 91.0 Å². The van der Waals surface area contributed by atoms with Crippen LogP contribution in [-0.2, 0) is 0 Å². The van der Waals surface area contributed by atoms with Crippen LogP contribution in [0, 0.1) is 20.2 Å². The predicted octanol–water partition coefficient (Wildman–Crippen LogP) is -2.53. The summed E-state index contributed by atoms with van der Waals surface area (Å²) in [5, 5.41) is 27.3. The summed E-state index contributed by atoms with van der Waals surface area (Å²) in [5.74, 6) is 0. The first-order valence-corrected chi connectivity index (χ1v) is 1.13. The van der Waals surface area contributed by atoms with E-state index in [0.29, 0.717) is 0 Å².